The maximum absolute atomic E-state index is 12.5. The Hall–Kier alpha value is -2.34. The molecular formula is C17H21N3O3. The fraction of sp³-hybridized carbons (Fsp3) is 0.412. The molecule has 2 amide bonds. The van der Waals surface area contributed by atoms with Crippen LogP contribution in [0.4, 0.5) is 0 Å². The molecule has 0 aliphatic carbocycles. The van der Waals surface area contributed by atoms with Crippen molar-refractivity contribution in [2.24, 2.45) is 5.73 Å². The van der Waals surface area contributed by atoms with Crippen LogP contribution in [0.5, 0.6) is 0 Å². The second kappa shape index (κ2) is 6.42. The van der Waals surface area contributed by atoms with Crippen LogP contribution in [0.25, 0.3) is 10.9 Å². The molecule has 0 bridgehead atoms. The number of fused-ring (bicyclic) bond motifs is 1. The number of primary amides is 1. The summed E-state index contributed by atoms with van der Waals surface area (Å²) >= 11 is 0. The Morgan fingerprint density at radius 1 is 1.39 bits per heavy atom. The fourth-order valence-electron chi connectivity index (χ4n) is 3.17. The Bertz CT molecular complexity index is 725. The number of nitrogens with two attached hydrogens (primary N) is 1. The van der Waals surface area contributed by atoms with E-state index in [0.29, 0.717) is 25.8 Å². The minimum atomic E-state index is -0.556. The largest absolute Gasteiger partial charge is 0.380 e. The predicted molar refractivity (Wildman–Crippen MR) is 86.7 cm³/mol. The number of hydrogen-bond donors (Lipinski definition) is 2. The molecule has 6 nitrogen and oxygen atoms in total. The number of hydrogen-bond acceptors (Lipinski definition) is 3. The SMILES string of the molecule is CO[C@H]1C[C@@H](C(N)=O)N(C(=O)CCc2ccc3[nH]ccc3c2)C1. The van der Waals surface area contributed by atoms with Gasteiger partial charge in [-0.2, -0.15) is 0 Å². The number of amides is 2. The molecule has 23 heavy (non-hydrogen) atoms. The first kappa shape index (κ1) is 15.6. The van der Waals surface area contributed by atoms with Crippen molar-refractivity contribution in [2.45, 2.75) is 31.4 Å². The molecule has 0 saturated carbocycles. The summed E-state index contributed by atoms with van der Waals surface area (Å²) < 4.78 is 5.27. The Kier molecular flexibility index (Phi) is 4.34. The maximum atomic E-state index is 12.5. The number of benzene rings is 1. The molecule has 0 unspecified atom stereocenters. The molecule has 1 fully saturated rings. The number of aromatic nitrogens is 1. The van der Waals surface area contributed by atoms with E-state index < -0.39 is 11.9 Å². The van der Waals surface area contributed by atoms with E-state index in [9.17, 15) is 9.59 Å². The zero-order valence-corrected chi connectivity index (χ0v) is 13.1. The van der Waals surface area contributed by atoms with E-state index in [-0.39, 0.29) is 12.0 Å². The van der Waals surface area contributed by atoms with E-state index in [4.69, 9.17) is 10.5 Å². The van der Waals surface area contributed by atoms with Gasteiger partial charge in [-0.25, -0.2) is 0 Å². The highest BCUT2D eigenvalue weighted by atomic mass is 16.5. The van der Waals surface area contributed by atoms with Crippen LogP contribution in [0.3, 0.4) is 0 Å². The molecule has 0 spiro atoms. The van der Waals surface area contributed by atoms with Gasteiger partial charge in [0.15, 0.2) is 0 Å². The fourth-order valence-corrected chi connectivity index (χ4v) is 3.17. The van der Waals surface area contributed by atoms with Gasteiger partial charge >= 0.3 is 0 Å². The van der Waals surface area contributed by atoms with Crippen LogP contribution in [-0.2, 0) is 20.7 Å². The normalized spacial score (nSPS) is 21.0. The highest BCUT2D eigenvalue weighted by Gasteiger charge is 2.38. The average molecular weight is 315 g/mol. The number of aromatic amines is 1. The van der Waals surface area contributed by atoms with Crippen molar-refractivity contribution in [1.29, 1.82) is 0 Å². The van der Waals surface area contributed by atoms with Gasteiger partial charge in [0.05, 0.1) is 6.10 Å². The van der Waals surface area contributed by atoms with Gasteiger partial charge in [-0.1, -0.05) is 6.07 Å². The Morgan fingerprint density at radius 3 is 2.96 bits per heavy atom. The van der Waals surface area contributed by atoms with E-state index in [1.807, 2.05) is 24.4 Å². The number of carbonyl (C=O) groups excluding carboxylic acids is 2. The van der Waals surface area contributed by atoms with E-state index in [1.165, 1.54) is 0 Å². The standard InChI is InChI=1S/C17H21N3O3/c1-23-13-9-15(17(18)22)20(10-13)16(21)5-3-11-2-4-14-12(8-11)6-7-19-14/h2,4,6-8,13,15,19H,3,5,9-10H2,1H3,(H2,18,22)/t13-,15-/m0/s1. The van der Waals surface area contributed by atoms with Crippen molar-refractivity contribution in [3.63, 3.8) is 0 Å². The number of carbonyl (C=O) groups is 2. The molecule has 6 heteroatoms. The summed E-state index contributed by atoms with van der Waals surface area (Å²) in [5.74, 6) is -0.519. The summed E-state index contributed by atoms with van der Waals surface area (Å²) in [6.45, 7) is 0.430. The minimum absolute atomic E-state index is 0.0532. The topological polar surface area (TPSA) is 88.4 Å². The van der Waals surface area contributed by atoms with Gasteiger partial charge in [0, 0.05) is 38.2 Å². The number of nitrogens with one attached hydrogen (secondary N) is 1. The molecule has 3 rings (SSSR count). The number of ether oxygens (including phenoxy) is 1. The minimum Gasteiger partial charge on any atom is -0.380 e. The van der Waals surface area contributed by atoms with Crippen LogP contribution in [0.2, 0.25) is 0 Å². The number of rotatable bonds is 5. The number of methoxy groups -OCH3 is 1. The van der Waals surface area contributed by atoms with Crippen LogP contribution in [0, 0.1) is 0 Å². The number of likely N-dealkylation sites (tertiary alicyclic amines) is 1. The molecule has 2 aromatic rings. The summed E-state index contributed by atoms with van der Waals surface area (Å²) in [5.41, 5.74) is 7.59. The first-order valence-electron chi connectivity index (χ1n) is 7.76. The molecule has 122 valence electrons. The lowest BCUT2D eigenvalue weighted by molar-refractivity contribution is -0.137. The third kappa shape index (κ3) is 3.22. The van der Waals surface area contributed by atoms with Crippen molar-refractivity contribution in [2.75, 3.05) is 13.7 Å². The highest BCUT2D eigenvalue weighted by molar-refractivity contribution is 5.87. The van der Waals surface area contributed by atoms with Crippen molar-refractivity contribution < 1.29 is 14.3 Å². The van der Waals surface area contributed by atoms with E-state index in [0.717, 1.165) is 16.5 Å². The molecule has 1 aliphatic heterocycles. The quantitative estimate of drug-likeness (QED) is 0.869. The zero-order chi connectivity index (χ0) is 16.4. The predicted octanol–water partition coefficient (Wildman–Crippen LogP) is 1.20. The molecular weight excluding hydrogens is 294 g/mol. The van der Waals surface area contributed by atoms with Gasteiger partial charge < -0.3 is 20.4 Å². The highest BCUT2D eigenvalue weighted by Crippen LogP contribution is 2.22. The summed E-state index contributed by atoms with van der Waals surface area (Å²) in [6.07, 6.45) is 3.25. The van der Waals surface area contributed by atoms with Crippen molar-refractivity contribution in [3.8, 4) is 0 Å². The Morgan fingerprint density at radius 2 is 2.22 bits per heavy atom. The molecule has 3 N–H and O–H groups in total. The summed E-state index contributed by atoms with van der Waals surface area (Å²) in [7, 11) is 1.59. The van der Waals surface area contributed by atoms with Crippen LogP contribution >= 0.6 is 0 Å². The monoisotopic (exact) mass is 315 g/mol. The van der Waals surface area contributed by atoms with E-state index >= 15 is 0 Å². The lowest BCUT2D eigenvalue weighted by atomic mass is 10.1. The third-order valence-corrected chi connectivity index (χ3v) is 4.49. The zero-order valence-electron chi connectivity index (χ0n) is 13.1. The second-order valence-corrected chi connectivity index (χ2v) is 5.96. The Balaban J connectivity index is 1.64. The summed E-state index contributed by atoms with van der Waals surface area (Å²) in [5, 5.41) is 1.13. The molecule has 1 aromatic heterocycles. The second-order valence-electron chi connectivity index (χ2n) is 5.96. The number of nitrogens with zero attached hydrogens (tertiary/aromatic N) is 1. The average Bonchev–Trinajstić information content (AvgIpc) is 3.18. The first-order chi connectivity index (χ1) is 11.1. The van der Waals surface area contributed by atoms with E-state index in [2.05, 4.69) is 11.1 Å². The molecule has 1 aromatic carbocycles. The maximum Gasteiger partial charge on any atom is 0.240 e. The number of aryl methyl sites for hydroxylation is 1. The van der Waals surface area contributed by atoms with Gasteiger partial charge in [0.1, 0.15) is 6.04 Å². The van der Waals surface area contributed by atoms with Gasteiger partial charge in [0.2, 0.25) is 11.8 Å². The van der Waals surface area contributed by atoms with Crippen molar-refractivity contribution >= 4 is 22.7 Å². The molecule has 2 heterocycles. The van der Waals surface area contributed by atoms with Crippen molar-refractivity contribution in [1.82, 2.24) is 9.88 Å². The van der Waals surface area contributed by atoms with E-state index in [1.54, 1.807) is 12.0 Å². The smallest absolute Gasteiger partial charge is 0.240 e. The van der Waals surface area contributed by atoms with Gasteiger partial charge in [0.25, 0.3) is 0 Å². The van der Waals surface area contributed by atoms with Gasteiger partial charge in [-0.15, -0.1) is 0 Å². The third-order valence-electron chi connectivity index (χ3n) is 4.49. The van der Waals surface area contributed by atoms with Crippen molar-refractivity contribution in [3.05, 3.63) is 36.0 Å². The lowest BCUT2D eigenvalue weighted by Gasteiger charge is -2.22. The lowest BCUT2D eigenvalue weighted by Crippen LogP contribution is -2.43. The molecule has 0 radical (unpaired) electrons. The van der Waals surface area contributed by atoms with Gasteiger partial charge in [-0.05, 0) is 35.6 Å². The number of H-pyrrole nitrogens is 1. The van der Waals surface area contributed by atoms with Crippen LogP contribution in [-0.4, -0.2) is 47.5 Å². The van der Waals surface area contributed by atoms with Gasteiger partial charge in [-0.3, -0.25) is 9.59 Å². The molecule has 1 aliphatic rings. The summed E-state index contributed by atoms with van der Waals surface area (Å²) in [6, 6.07) is 7.55. The summed E-state index contributed by atoms with van der Waals surface area (Å²) in [4.78, 5) is 28.7. The molecule has 1 saturated heterocycles. The van der Waals surface area contributed by atoms with Crippen LogP contribution in [0.15, 0.2) is 30.5 Å². The Labute approximate surface area is 134 Å². The molecule has 2 atom stereocenters. The van der Waals surface area contributed by atoms with Crippen LogP contribution < -0.4 is 5.73 Å². The van der Waals surface area contributed by atoms with Crippen LogP contribution in [0.1, 0.15) is 18.4 Å². The first-order valence-corrected chi connectivity index (χ1v) is 7.76.